The molecular weight excluding hydrogens is 219 g/mol. The maximum absolute atomic E-state index is 5.33. The first kappa shape index (κ1) is 11.3. The Morgan fingerprint density at radius 2 is 1.88 bits per heavy atom. The van der Waals surface area contributed by atoms with Gasteiger partial charge in [0.2, 0.25) is 11.5 Å². The molecule has 3 nitrogen and oxygen atoms in total. The molecule has 1 heterocycles. The molecule has 1 aromatic carbocycles. The summed E-state index contributed by atoms with van der Waals surface area (Å²) in [5, 5.41) is 7.75. The number of aromatic nitrogens is 2. The van der Waals surface area contributed by atoms with Gasteiger partial charge < -0.3 is 4.42 Å². The summed E-state index contributed by atoms with van der Waals surface area (Å²) < 4.78 is 5.33. The smallest absolute Gasteiger partial charge is 0.248 e. The summed E-state index contributed by atoms with van der Waals surface area (Å²) >= 11 is 0. The van der Waals surface area contributed by atoms with E-state index >= 15 is 0 Å². The molecule has 0 spiro atoms. The van der Waals surface area contributed by atoms with Gasteiger partial charge in [-0.1, -0.05) is 26.0 Å². The molecular formula is C12H15N2OP. The predicted molar refractivity (Wildman–Crippen MR) is 67.6 cm³/mol. The first-order chi connectivity index (χ1) is 7.65. The number of hydrogen-bond donors (Lipinski definition) is 0. The Hall–Kier alpha value is -1.21. The van der Waals surface area contributed by atoms with E-state index in [1.165, 1.54) is 5.56 Å². The van der Waals surface area contributed by atoms with E-state index in [2.05, 4.69) is 45.4 Å². The zero-order valence-corrected chi connectivity index (χ0v) is 10.6. The summed E-state index contributed by atoms with van der Waals surface area (Å²) in [4.78, 5) is 0. The summed E-state index contributed by atoms with van der Waals surface area (Å²) in [6.07, 6.45) is 1.10. The Balaban J connectivity index is 2.19. The van der Waals surface area contributed by atoms with Crippen LogP contribution in [0, 0.1) is 5.92 Å². The van der Waals surface area contributed by atoms with Crippen LogP contribution in [0.2, 0.25) is 0 Å². The third-order valence-corrected chi connectivity index (χ3v) is 2.52. The minimum atomic E-state index is 0.515. The summed E-state index contributed by atoms with van der Waals surface area (Å²) in [5.74, 6) is 1.24. The molecule has 1 atom stereocenters. The molecule has 0 aliphatic carbocycles. The maximum atomic E-state index is 5.33. The average molecular weight is 234 g/mol. The van der Waals surface area contributed by atoms with E-state index < -0.39 is 0 Å². The second kappa shape index (κ2) is 4.75. The van der Waals surface area contributed by atoms with E-state index in [0.717, 1.165) is 12.0 Å². The van der Waals surface area contributed by atoms with Crippen LogP contribution in [0.25, 0.3) is 11.5 Å². The average Bonchev–Trinajstić information content (AvgIpc) is 2.65. The number of rotatable bonds is 3. The second-order valence-corrected chi connectivity index (χ2v) is 4.73. The molecule has 0 fully saturated rings. The van der Waals surface area contributed by atoms with E-state index in [1.54, 1.807) is 0 Å². The lowest BCUT2D eigenvalue weighted by molar-refractivity contribution is 0.607. The first-order valence-corrected chi connectivity index (χ1v) is 5.91. The highest BCUT2D eigenvalue weighted by Crippen LogP contribution is 2.18. The van der Waals surface area contributed by atoms with E-state index in [4.69, 9.17) is 4.42 Å². The lowest BCUT2D eigenvalue weighted by atomic mass is 10.0. The van der Waals surface area contributed by atoms with Crippen molar-refractivity contribution in [3.05, 3.63) is 29.8 Å². The normalized spacial score (nSPS) is 11.0. The summed E-state index contributed by atoms with van der Waals surface area (Å²) in [5.41, 5.74) is 2.82. The van der Waals surface area contributed by atoms with Crippen molar-refractivity contribution in [2.24, 2.45) is 5.92 Å². The fraction of sp³-hybridized carbons (Fsp3) is 0.333. The Morgan fingerprint density at radius 3 is 2.38 bits per heavy atom. The zero-order valence-electron chi connectivity index (χ0n) is 9.47. The van der Waals surface area contributed by atoms with Crippen LogP contribution in [-0.4, -0.2) is 10.2 Å². The molecule has 0 saturated carbocycles. The molecule has 0 saturated heterocycles. The zero-order chi connectivity index (χ0) is 11.5. The third-order valence-electron chi connectivity index (χ3n) is 2.29. The van der Waals surface area contributed by atoms with Gasteiger partial charge in [-0.25, -0.2) is 0 Å². The minimum absolute atomic E-state index is 0.515. The van der Waals surface area contributed by atoms with Crippen LogP contribution in [0.3, 0.4) is 0 Å². The van der Waals surface area contributed by atoms with Gasteiger partial charge in [0.1, 0.15) is 0 Å². The van der Waals surface area contributed by atoms with Crippen molar-refractivity contribution in [2.75, 3.05) is 0 Å². The molecule has 0 bridgehead atoms. The molecule has 1 aromatic heterocycles. The molecule has 2 rings (SSSR count). The molecule has 84 valence electrons. The molecule has 0 aliphatic heterocycles. The number of hydrogen-bond acceptors (Lipinski definition) is 3. The van der Waals surface area contributed by atoms with Gasteiger partial charge in [-0.2, -0.15) is 0 Å². The standard InChI is InChI=1S/C12H15N2OP/c1-8(2)7-9-3-5-10(6-4-9)11-13-14-12(16)15-11/h3-6,8H,7,16H2,1-2H3. The Labute approximate surface area is 97.5 Å². The maximum Gasteiger partial charge on any atom is 0.248 e. The SMILES string of the molecule is CC(C)Cc1ccc(-c2nnc(P)o2)cc1. The lowest BCUT2D eigenvalue weighted by Crippen LogP contribution is -1.93. The molecule has 1 unspecified atom stereocenters. The van der Waals surface area contributed by atoms with E-state index in [0.29, 0.717) is 17.4 Å². The van der Waals surface area contributed by atoms with Gasteiger partial charge in [0, 0.05) is 5.56 Å². The second-order valence-electron chi connectivity index (χ2n) is 4.24. The summed E-state index contributed by atoms with van der Waals surface area (Å²) in [6.45, 7) is 4.43. The van der Waals surface area contributed by atoms with Crippen molar-refractivity contribution in [1.29, 1.82) is 0 Å². The molecule has 0 aliphatic rings. The Kier molecular flexibility index (Phi) is 3.35. The van der Waals surface area contributed by atoms with E-state index in [1.807, 2.05) is 12.1 Å². The molecule has 4 heteroatoms. The monoisotopic (exact) mass is 234 g/mol. The minimum Gasteiger partial charge on any atom is -0.417 e. The van der Waals surface area contributed by atoms with Crippen molar-refractivity contribution in [2.45, 2.75) is 20.3 Å². The Bertz CT molecular complexity index is 462. The quantitative estimate of drug-likeness (QED) is 0.765. The topological polar surface area (TPSA) is 38.9 Å². The Morgan fingerprint density at radius 1 is 1.19 bits per heavy atom. The third kappa shape index (κ3) is 2.67. The van der Waals surface area contributed by atoms with Gasteiger partial charge >= 0.3 is 0 Å². The molecule has 2 aromatic rings. The first-order valence-electron chi connectivity index (χ1n) is 5.33. The van der Waals surface area contributed by atoms with Gasteiger partial charge in [-0.05, 0) is 39.3 Å². The van der Waals surface area contributed by atoms with Crippen LogP contribution >= 0.6 is 9.24 Å². The van der Waals surface area contributed by atoms with Crippen LogP contribution in [-0.2, 0) is 6.42 Å². The number of benzene rings is 1. The van der Waals surface area contributed by atoms with Crippen LogP contribution < -0.4 is 5.63 Å². The van der Waals surface area contributed by atoms with Crippen molar-refractivity contribution in [1.82, 2.24) is 10.2 Å². The van der Waals surface area contributed by atoms with Crippen molar-refractivity contribution in [3.63, 3.8) is 0 Å². The molecule has 0 radical (unpaired) electrons. The van der Waals surface area contributed by atoms with Crippen LogP contribution in [0.5, 0.6) is 0 Å². The van der Waals surface area contributed by atoms with Gasteiger partial charge in [0.15, 0.2) is 0 Å². The van der Waals surface area contributed by atoms with Gasteiger partial charge in [-0.15, -0.1) is 10.2 Å². The summed E-state index contributed by atoms with van der Waals surface area (Å²) in [7, 11) is 2.39. The highest BCUT2D eigenvalue weighted by Gasteiger charge is 2.05. The summed E-state index contributed by atoms with van der Waals surface area (Å²) in [6, 6.07) is 8.27. The van der Waals surface area contributed by atoms with Crippen LogP contribution in [0.4, 0.5) is 0 Å². The van der Waals surface area contributed by atoms with E-state index in [9.17, 15) is 0 Å². The molecule has 0 amide bonds. The van der Waals surface area contributed by atoms with Crippen LogP contribution in [0.15, 0.2) is 28.7 Å². The number of nitrogens with zero attached hydrogens (tertiary/aromatic N) is 2. The predicted octanol–water partition coefficient (Wildman–Crippen LogP) is 2.44. The van der Waals surface area contributed by atoms with Gasteiger partial charge in [0.05, 0.1) is 0 Å². The molecule has 16 heavy (non-hydrogen) atoms. The van der Waals surface area contributed by atoms with Crippen molar-refractivity contribution < 1.29 is 4.42 Å². The fourth-order valence-corrected chi connectivity index (χ4v) is 1.78. The van der Waals surface area contributed by atoms with Crippen molar-refractivity contribution in [3.8, 4) is 11.5 Å². The molecule has 0 N–H and O–H groups in total. The lowest BCUT2D eigenvalue weighted by Gasteiger charge is -2.04. The van der Waals surface area contributed by atoms with Crippen molar-refractivity contribution >= 4 is 14.9 Å². The van der Waals surface area contributed by atoms with Crippen LogP contribution in [0.1, 0.15) is 19.4 Å². The highest BCUT2D eigenvalue weighted by atomic mass is 31.0. The largest absolute Gasteiger partial charge is 0.417 e. The van der Waals surface area contributed by atoms with Gasteiger partial charge in [0.25, 0.3) is 0 Å². The van der Waals surface area contributed by atoms with Gasteiger partial charge in [-0.3, -0.25) is 0 Å². The van der Waals surface area contributed by atoms with E-state index in [-0.39, 0.29) is 0 Å². The fourth-order valence-electron chi connectivity index (χ4n) is 1.61. The highest BCUT2D eigenvalue weighted by molar-refractivity contribution is 7.26.